The number of aryl methyl sites for hydroxylation is 2. The molecule has 1 aliphatic rings. The lowest BCUT2D eigenvalue weighted by atomic mass is 10.2. The molecule has 130 valence electrons. The molecule has 1 aliphatic heterocycles. The lowest BCUT2D eigenvalue weighted by molar-refractivity contribution is -0.139. The molecule has 2 atom stereocenters. The minimum atomic E-state index is -3.70. The molecule has 3 N–H and O–H groups in total. The van der Waals surface area contributed by atoms with Gasteiger partial charge in [0.2, 0.25) is 10.0 Å². The van der Waals surface area contributed by atoms with E-state index in [1.165, 1.54) is 6.07 Å². The number of carboxylic acids is 1. The molecule has 24 heavy (non-hydrogen) atoms. The number of thiophene rings is 1. The van der Waals surface area contributed by atoms with Gasteiger partial charge in [-0.15, -0.1) is 11.3 Å². The second-order valence-electron chi connectivity index (χ2n) is 5.67. The Morgan fingerprint density at radius 2 is 2.21 bits per heavy atom. The maximum absolute atomic E-state index is 12.5. The van der Waals surface area contributed by atoms with Crippen molar-refractivity contribution in [1.82, 2.24) is 15.2 Å². The Hall–Kier alpha value is -1.75. The van der Waals surface area contributed by atoms with Crippen LogP contribution >= 0.6 is 11.3 Å². The Labute approximate surface area is 142 Å². The van der Waals surface area contributed by atoms with Crippen molar-refractivity contribution in [3.05, 3.63) is 23.6 Å². The monoisotopic (exact) mass is 371 g/mol. The summed E-state index contributed by atoms with van der Waals surface area (Å²) >= 11 is 1.13. The Morgan fingerprint density at radius 1 is 1.46 bits per heavy atom. The number of hydrogen-bond acceptors (Lipinski definition) is 7. The molecule has 0 saturated carbocycles. The third kappa shape index (κ3) is 3.22. The lowest BCUT2D eigenvalue weighted by Gasteiger charge is -2.10. The van der Waals surface area contributed by atoms with Crippen molar-refractivity contribution in [2.24, 2.45) is 0 Å². The Morgan fingerprint density at radius 3 is 2.79 bits per heavy atom. The summed E-state index contributed by atoms with van der Waals surface area (Å²) in [6.45, 7) is 3.87. The number of aliphatic carboxylic acids is 1. The predicted molar refractivity (Wildman–Crippen MR) is 87.4 cm³/mol. The topological polar surface area (TPSA) is 122 Å². The first-order valence-electron chi connectivity index (χ1n) is 7.29. The van der Waals surface area contributed by atoms with E-state index in [1.54, 1.807) is 19.9 Å². The van der Waals surface area contributed by atoms with E-state index >= 15 is 0 Å². The van der Waals surface area contributed by atoms with Crippen LogP contribution in [0.5, 0.6) is 0 Å². The number of aromatic nitrogens is 1. The molecule has 0 amide bonds. The van der Waals surface area contributed by atoms with Crippen molar-refractivity contribution < 1.29 is 22.8 Å². The van der Waals surface area contributed by atoms with Gasteiger partial charge in [0.05, 0.1) is 11.3 Å². The minimum Gasteiger partial charge on any atom is -0.480 e. The molecule has 2 aromatic heterocycles. The average molecular weight is 371 g/mol. The zero-order chi connectivity index (χ0) is 17.5. The lowest BCUT2D eigenvalue weighted by Crippen LogP contribution is -2.35. The number of sulfonamides is 1. The Kier molecular flexibility index (Phi) is 4.47. The molecule has 8 nitrogen and oxygen atoms in total. The minimum absolute atomic E-state index is 0.177. The third-order valence-corrected chi connectivity index (χ3v) is 6.99. The molecule has 1 fully saturated rings. The zero-order valence-corrected chi connectivity index (χ0v) is 14.7. The molecule has 2 aromatic rings. The molecular weight excluding hydrogens is 354 g/mol. The smallest absolute Gasteiger partial charge is 0.320 e. The van der Waals surface area contributed by atoms with Crippen LogP contribution in [-0.4, -0.2) is 43.3 Å². The summed E-state index contributed by atoms with van der Waals surface area (Å²) in [5, 5.41) is 15.6. The third-order valence-electron chi connectivity index (χ3n) is 3.88. The fourth-order valence-corrected chi connectivity index (χ4v) is 5.44. The molecule has 0 spiro atoms. The van der Waals surface area contributed by atoms with Crippen LogP contribution in [0.1, 0.15) is 17.9 Å². The quantitative estimate of drug-likeness (QED) is 0.720. The van der Waals surface area contributed by atoms with E-state index < -0.39 is 28.1 Å². The van der Waals surface area contributed by atoms with E-state index in [1.807, 2.05) is 0 Å². The summed E-state index contributed by atoms with van der Waals surface area (Å²) in [6.07, 6.45) is 0.219. The molecular formula is C14H17N3O5S2. The second-order valence-corrected chi connectivity index (χ2v) is 8.70. The normalized spacial score (nSPS) is 21.2. The maximum atomic E-state index is 12.5. The zero-order valence-electron chi connectivity index (χ0n) is 13.1. The van der Waals surface area contributed by atoms with Crippen LogP contribution in [0.4, 0.5) is 0 Å². The van der Waals surface area contributed by atoms with Crippen molar-refractivity contribution in [3.63, 3.8) is 0 Å². The first kappa shape index (κ1) is 17.1. The van der Waals surface area contributed by atoms with E-state index in [9.17, 15) is 13.2 Å². The molecule has 0 radical (unpaired) electrons. The van der Waals surface area contributed by atoms with Gasteiger partial charge in [-0.3, -0.25) is 4.79 Å². The highest BCUT2D eigenvalue weighted by atomic mass is 32.2. The second kappa shape index (κ2) is 6.28. The van der Waals surface area contributed by atoms with Gasteiger partial charge in [-0.05, 0) is 32.4 Å². The van der Waals surface area contributed by atoms with Gasteiger partial charge in [0.15, 0.2) is 0 Å². The number of nitrogens with zero attached hydrogens (tertiary/aromatic N) is 1. The highest BCUT2D eigenvalue weighted by molar-refractivity contribution is 7.91. The van der Waals surface area contributed by atoms with Crippen LogP contribution in [0.3, 0.4) is 0 Å². The number of carboxylic acid groups (broad SMARTS) is 1. The van der Waals surface area contributed by atoms with Gasteiger partial charge in [0, 0.05) is 17.5 Å². The fourth-order valence-electron chi connectivity index (χ4n) is 2.72. The summed E-state index contributed by atoms with van der Waals surface area (Å²) in [4.78, 5) is 11.7. The van der Waals surface area contributed by atoms with Gasteiger partial charge in [0.1, 0.15) is 16.0 Å². The fraction of sp³-hybridized carbons (Fsp3) is 0.429. The van der Waals surface area contributed by atoms with Crippen LogP contribution in [0.25, 0.3) is 10.4 Å². The highest BCUT2D eigenvalue weighted by Crippen LogP contribution is 2.34. The largest absolute Gasteiger partial charge is 0.480 e. The molecule has 0 unspecified atom stereocenters. The number of hydrogen-bond donors (Lipinski definition) is 3. The summed E-state index contributed by atoms with van der Waals surface area (Å²) in [5.74, 6) is -0.343. The van der Waals surface area contributed by atoms with Gasteiger partial charge in [-0.25, -0.2) is 13.1 Å². The highest BCUT2D eigenvalue weighted by Gasteiger charge is 2.32. The van der Waals surface area contributed by atoms with E-state index in [0.717, 1.165) is 21.8 Å². The molecule has 10 heteroatoms. The average Bonchev–Trinajstić information content (AvgIpc) is 3.19. The van der Waals surface area contributed by atoms with Crippen molar-refractivity contribution in [2.75, 3.05) is 6.54 Å². The van der Waals surface area contributed by atoms with Crippen LogP contribution in [0.15, 0.2) is 20.9 Å². The van der Waals surface area contributed by atoms with E-state index in [0.29, 0.717) is 11.5 Å². The van der Waals surface area contributed by atoms with Crippen LogP contribution in [0, 0.1) is 13.8 Å². The number of nitrogens with one attached hydrogen (secondary N) is 2. The van der Waals surface area contributed by atoms with Gasteiger partial charge in [-0.2, -0.15) is 0 Å². The molecule has 3 rings (SSSR count). The Balaban J connectivity index is 1.78. The van der Waals surface area contributed by atoms with Crippen LogP contribution in [0.2, 0.25) is 0 Å². The molecule has 0 aromatic carbocycles. The van der Waals surface area contributed by atoms with Crippen molar-refractivity contribution in [3.8, 4) is 10.4 Å². The molecule has 1 saturated heterocycles. The number of rotatable bonds is 5. The van der Waals surface area contributed by atoms with Gasteiger partial charge in [0.25, 0.3) is 0 Å². The SMILES string of the molecule is Cc1noc(C)c1-c1ccc(S(=O)(=O)N[C@@H]2CN[C@H](C(=O)O)C2)s1. The summed E-state index contributed by atoms with van der Waals surface area (Å²) < 4.78 is 32.9. The van der Waals surface area contributed by atoms with E-state index in [2.05, 4.69) is 15.2 Å². The van der Waals surface area contributed by atoms with Crippen molar-refractivity contribution in [2.45, 2.75) is 36.6 Å². The maximum Gasteiger partial charge on any atom is 0.320 e. The molecule has 0 bridgehead atoms. The van der Waals surface area contributed by atoms with E-state index in [4.69, 9.17) is 9.63 Å². The summed E-state index contributed by atoms with van der Waals surface area (Å²) in [5.41, 5.74) is 1.51. The van der Waals surface area contributed by atoms with E-state index in [-0.39, 0.29) is 17.2 Å². The Bertz CT molecular complexity index is 851. The summed E-state index contributed by atoms with van der Waals surface area (Å²) in [7, 11) is -3.70. The number of carbonyl (C=O) groups is 1. The van der Waals surface area contributed by atoms with Crippen molar-refractivity contribution in [1.29, 1.82) is 0 Å². The van der Waals surface area contributed by atoms with Gasteiger partial charge < -0.3 is 14.9 Å². The van der Waals surface area contributed by atoms with Crippen molar-refractivity contribution >= 4 is 27.3 Å². The predicted octanol–water partition coefficient (Wildman–Crippen LogP) is 1.11. The first-order chi connectivity index (χ1) is 11.3. The van der Waals surface area contributed by atoms with Crippen LogP contribution in [-0.2, 0) is 14.8 Å². The standard InChI is InChI=1S/C14H17N3O5S2/c1-7-13(8(2)22-16-7)11-3-4-12(23-11)24(20,21)17-9-5-10(14(18)19)15-6-9/h3-4,9-10,15,17H,5-6H2,1-2H3,(H,18,19)/t9-,10-/m0/s1. The van der Waals surface area contributed by atoms with Gasteiger partial charge >= 0.3 is 5.97 Å². The first-order valence-corrected chi connectivity index (χ1v) is 9.59. The molecule has 3 heterocycles. The molecule has 0 aliphatic carbocycles. The summed E-state index contributed by atoms with van der Waals surface area (Å²) in [6, 6.07) is 2.09. The van der Waals surface area contributed by atoms with Crippen LogP contribution < -0.4 is 10.0 Å². The van der Waals surface area contributed by atoms with Gasteiger partial charge in [-0.1, -0.05) is 5.16 Å².